The third-order valence-corrected chi connectivity index (χ3v) is 6.26. The molecule has 0 bridgehead atoms. The molecule has 0 fully saturated rings. The van der Waals surface area contributed by atoms with E-state index in [4.69, 9.17) is 4.42 Å². The van der Waals surface area contributed by atoms with Gasteiger partial charge in [0.1, 0.15) is 22.7 Å². The van der Waals surface area contributed by atoms with Gasteiger partial charge in [-0.25, -0.2) is 9.97 Å². The van der Waals surface area contributed by atoms with Crippen LogP contribution in [0.25, 0.3) is 10.2 Å². The van der Waals surface area contributed by atoms with Crippen LogP contribution < -0.4 is 10.6 Å². The maximum Gasteiger partial charge on any atom is 0.261 e. The number of carbonyl (C=O) groups is 1. The quantitative estimate of drug-likeness (QED) is 0.560. The number of amides is 1. The molecular weight excluding hydrogens is 372 g/mol. The van der Waals surface area contributed by atoms with Crippen molar-refractivity contribution in [2.45, 2.75) is 45.6 Å². The first-order valence-electron chi connectivity index (χ1n) is 9.69. The van der Waals surface area contributed by atoms with Crippen molar-refractivity contribution in [1.29, 1.82) is 0 Å². The molecule has 3 aromatic rings. The van der Waals surface area contributed by atoms with Gasteiger partial charge < -0.3 is 15.1 Å². The molecule has 0 saturated heterocycles. The van der Waals surface area contributed by atoms with Gasteiger partial charge in [-0.15, -0.1) is 11.3 Å². The highest BCUT2D eigenvalue weighted by molar-refractivity contribution is 7.20. The lowest BCUT2D eigenvalue weighted by molar-refractivity contribution is 0.0957. The molecule has 146 valence electrons. The lowest BCUT2D eigenvalue weighted by atomic mass is 9.97. The van der Waals surface area contributed by atoms with Crippen molar-refractivity contribution in [2.75, 3.05) is 11.9 Å². The average molecular weight is 397 g/mol. The van der Waals surface area contributed by atoms with Crippen molar-refractivity contribution < 1.29 is 9.21 Å². The molecule has 0 radical (unpaired) electrons. The van der Waals surface area contributed by atoms with Crippen molar-refractivity contribution in [3.63, 3.8) is 0 Å². The van der Waals surface area contributed by atoms with E-state index >= 15 is 0 Å². The van der Waals surface area contributed by atoms with E-state index in [-0.39, 0.29) is 5.91 Å². The Hall–Kier alpha value is -2.67. The fourth-order valence-electron chi connectivity index (χ4n) is 3.55. The van der Waals surface area contributed by atoms with Gasteiger partial charge in [0.2, 0.25) is 0 Å². The van der Waals surface area contributed by atoms with Crippen LogP contribution in [0.1, 0.15) is 53.1 Å². The predicted octanol–water partition coefficient (Wildman–Crippen LogP) is 4.83. The minimum atomic E-state index is -0.0334. The third kappa shape index (κ3) is 4.09. The summed E-state index contributed by atoms with van der Waals surface area (Å²) in [5.74, 6) is 1.52. The topological polar surface area (TPSA) is 80.0 Å². The van der Waals surface area contributed by atoms with Crippen molar-refractivity contribution in [2.24, 2.45) is 0 Å². The van der Waals surface area contributed by atoms with Gasteiger partial charge in [0, 0.05) is 6.54 Å². The lowest BCUT2D eigenvalue weighted by Gasteiger charge is -2.12. The summed E-state index contributed by atoms with van der Waals surface area (Å²) in [4.78, 5) is 23.0. The second-order valence-electron chi connectivity index (χ2n) is 7.01. The third-order valence-electron chi connectivity index (χ3n) is 5.06. The maximum absolute atomic E-state index is 12.7. The van der Waals surface area contributed by atoms with E-state index in [0.717, 1.165) is 40.2 Å². The minimum Gasteiger partial charge on any atom is -0.467 e. The second-order valence-corrected chi connectivity index (χ2v) is 8.00. The number of nitrogens with one attached hydrogen (secondary N) is 2. The molecule has 0 unspecified atom stereocenters. The summed E-state index contributed by atoms with van der Waals surface area (Å²) in [7, 11) is 0. The fraction of sp³-hybridized carbons (Fsp3) is 0.381. The Morgan fingerprint density at radius 2 is 2.25 bits per heavy atom. The van der Waals surface area contributed by atoms with Crippen LogP contribution in [0.2, 0.25) is 0 Å². The van der Waals surface area contributed by atoms with Gasteiger partial charge in [-0.1, -0.05) is 11.6 Å². The van der Waals surface area contributed by atoms with Gasteiger partial charge in [0.15, 0.2) is 0 Å². The van der Waals surface area contributed by atoms with Gasteiger partial charge in [-0.05, 0) is 56.7 Å². The molecule has 0 aromatic carbocycles. The van der Waals surface area contributed by atoms with Crippen LogP contribution in [0.3, 0.4) is 0 Å². The number of aromatic nitrogens is 2. The van der Waals surface area contributed by atoms with Crippen molar-refractivity contribution in [1.82, 2.24) is 15.3 Å². The smallest absolute Gasteiger partial charge is 0.261 e. The second kappa shape index (κ2) is 8.56. The Kier molecular flexibility index (Phi) is 5.71. The van der Waals surface area contributed by atoms with Gasteiger partial charge in [-0.2, -0.15) is 0 Å². The summed E-state index contributed by atoms with van der Waals surface area (Å²) in [6.45, 7) is 3.16. The number of thiophene rings is 1. The molecule has 0 spiro atoms. The molecule has 0 atom stereocenters. The highest BCUT2D eigenvalue weighted by Crippen LogP contribution is 2.33. The van der Waals surface area contributed by atoms with E-state index in [1.807, 2.05) is 19.1 Å². The van der Waals surface area contributed by atoms with Crippen molar-refractivity contribution in [3.8, 4) is 0 Å². The zero-order valence-electron chi connectivity index (χ0n) is 16.0. The summed E-state index contributed by atoms with van der Waals surface area (Å²) in [6, 6.07) is 3.76. The SMILES string of the molecule is Cc1c(C(=O)NCCC2=CCCCC2)sc2ncnc(NCc3ccco3)c12. The van der Waals surface area contributed by atoms with Gasteiger partial charge in [0.05, 0.1) is 23.1 Å². The molecule has 3 heterocycles. The summed E-state index contributed by atoms with van der Waals surface area (Å²) < 4.78 is 5.36. The van der Waals surface area contributed by atoms with Gasteiger partial charge in [-0.3, -0.25) is 4.79 Å². The first kappa shape index (κ1) is 18.7. The number of nitrogens with zero attached hydrogens (tertiary/aromatic N) is 2. The van der Waals surface area contributed by atoms with E-state index in [9.17, 15) is 4.79 Å². The number of hydrogen-bond acceptors (Lipinski definition) is 6. The van der Waals surface area contributed by atoms with E-state index in [0.29, 0.717) is 18.0 Å². The number of anilines is 1. The molecule has 0 saturated carbocycles. The Labute approximate surface area is 168 Å². The zero-order chi connectivity index (χ0) is 19.3. The Morgan fingerprint density at radius 1 is 1.32 bits per heavy atom. The van der Waals surface area contributed by atoms with Gasteiger partial charge in [0.25, 0.3) is 5.91 Å². The van der Waals surface area contributed by atoms with Crippen LogP contribution in [0.15, 0.2) is 40.8 Å². The molecule has 0 aliphatic heterocycles. The highest BCUT2D eigenvalue weighted by Gasteiger charge is 2.19. The number of rotatable bonds is 7. The number of hydrogen-bond donors (Lipinski definition) is 2. The van der Waals surface area contributed by atoms with Crippen molar-refractivity contribution >= 4 is 33.3 Å². The van der Waals surface area contributed by atoms with Gasteiger partial charge >= 0.3 is 0 Å². The number of allylic oxidation sites excluding steroid dienone is 1. The van der Waals surface area contributed by atoms with Crippen LogP contribution in [0, 0.1) is 6.92 Å². The van der Waals surface area contributed by atoms with E-state index in [1.54, 1.807) is 6.26 Å². The molecule has 2 N–H and O–H groups in total. The summed E-state index contributed by atoms with van der Waals surface area (Å²) in [6.07, 6.45) is 11.3. The first-order valence-corrected chi connectivity index (χ1v) is 10.5. The number of furan rings is 1. The zero-order valence-corrected chi connectivity index (χ0v) is 16.8. The van der Waals surface area contributed by atoms with Crippen molar-refractivity contribution in [3.05, 3.63) is 52.6 Å². The predicted molar refractivity (Wildman–Crippen MR) is 112 cm³/mol. The minimum absolute atomic E-state index is 0.0334. The standard InChI is InChI=1S/C21H24N4O2S/c1-14-17-19(23-12-16-8-5-11-27-16)24-13-25-21(17)28-18(14)20(26)22-10-9-15-6-3-2-4-7-15/h5-6,8,11,13H,2-4,7,9-10,12H2,1H3,(H,22,26)(H,23,24,25). The molecule has 3 aromatic heterocycles. The molecule has 1 aliphatic rings. The van der Waals surface area contributed by atoms with E-state index < -0.39 is 0 Å². The number of carbonyl (C=O) groups excluding carboxylic acids is 1. The summed E-state index contributed by atoms with van der Waals surface area (Å²) in [5, 5.41) is 7.26. The first-order chi connectivity index (χ1) is 13.7. The molecule has 4 rings (SSSR count). The highest BCUT2D eigenvalue weighted by atomic mass is 32.1. The average Bonchev–Trinajstić information content (AvgIpc) is 3.35. The monoisotopic (exact) mass is 396 g/mol. The number of fused-ring (bicyclic) bond motifs is 1. The number of aryl methyl sites for hydroxylation is 1. The Balaban J connectivity index is 1.46. The van der Waals surface area contributed by atoms with E-state index in [1.165, 1.54) is 42.5 Å². The van der Waals surface area contributed by atoms with E-state index in [2.05, 4.69) is 26.7 Å². The van der Waals surface area contributed by atoms with Crippen LogP contribution >= 0.6 is 11.3 Å². The fourth-order valence-corrected chi connectivity index (χ4v) is 4.62. The molecule has 6 nitrogen and oxygen atoms in total. The van der Waals surface area contributed by atoms with Crippen LogP contribution in [-0.2, 0) is 6.54 Å². The normalized spacial score (nSPS) is 14.1. The molecular formula is C21H24N4O2S. The molecule has 1 aliphatic carbocycles. The lowest BCUT2D eigenvalue weighted by Crippen LogP contribution is -2.24. The molecule has 28 heavy (non-hydrogen) atoms. The Morgan fingerprint density at radius 3 is 3.04 bits per heavy atom. The van der Waals surface area contributed by atoms with Crippen LogP contribution in [-0.4, -0.2) is 22.4 Å². The molecule has 1 amide bonds. The largest absolute Gasteiger partial charge is 0.467 e. The summed E-state index contributed by atoms with van der Waals surface area (Å²) in [5.41, 5.74) is 2.38. The summed E-state index contributed by atoms with van der Waals surface area (Å²) >= 11 is 1.41. The van der Waals surface area contributed by atoms with Crippen LogP contribution in [0.4, 0.5) is 5.82 Å². The Bertz CT molecular complexity index is 991. The van der Waals surface area contributed by atoms with Crippen LogP contribution in [0.5, 0.6) is 0 Å². The molecule has 7 heteroatoms. The maximum atomic E-state index is 12.7.